The van der Waals surface area contributed by atoms with Crippen LogP contribution >= 0.6 is 11.6 Å². The summed E-state index contributed by atoms with van der Waals surface area (Å²) in [6.45, 7) is 4.90. The van der Waals surface area contributed by atoms with Crippen molar-refractivity contribution >= 4 is 33.3 Å². The Morgan fingerprint density at radius 2 is 1.86 bits per heavy atom. The molecule has 0 heterocycles. The maximum absolute atomic E-state index is 11.9. The lowest BCUT2D eigenvalue weighted by Crippen LogP contribution is -2.42. The molecule has 0 unspecified atom stereocenters. The SMILES string of the molecule is CC(C)(C)NC(=O)COC(=O)c1cc(S(C)(=O)=O)ccc1Cl. The van der Waals surface area contributed by atoms with Gasteiger partial charge in [0.05, 0.1) is 15.5 Å². The molecule has 0 aliphatic carbocycles. The predicted octanol–water partition coefficient (Wildman–Crippen LogP) is 1.81. The Bertz CT molecular complexity index is 692. The molecule has 6 nitrogen and oxygen atoms in total. The Hall–Kier alpha value is -1.60. The molecule has 0 atom stereocenters. The van der Waals surface area contributed by atoms with Gasteiger partial charge in [-0.05, 0) is 39.0 Å². The van der Waals surface area contributed by atoms with Gasteiger partial charge in [0.25, 0.3) is 5.91 Å². The van der Waals surface area contributed by atoms with E-state index in [1.807, 2.05) is 0 Å². The fourth-order valence-electron chi connectivity index (χ4n) is 1.55. The summed E-state index contributed by atoms with van der Waals surface area (Å²) in [6.07, 6.45) is 1.02. The van der Waals surface area contributed by atoms with E-state index in [0.29, 0.717) is 0 Å². The molecular weight excluding hydrogens is 330 g/mol. The molecule has 1 rings (SSSR count). The molecule has 1 aromatic carbocycles. The molecule has 0 saturated carbocycles. The van der Waals surface area contributed by atoms with Crippen molar-refractivity contribution in [2.75, 3.05) is 12.9 Å². The minimum absolute atomic E-state index is 0.0497. The Balaban J connectivity index is 2.84. The van der Waals surface area contributed by atoms with Gasteiger partial charge in [-0.1, -0.05) is 11.6 Å². The fraction of sp³-hybridized carbons (Fsp3) is 0.429. The van der Waals surface area contributed by atoms with Gasteiger partial charge in [0.1, 0.15) is 0 Å². The molecule has 0 spiro atoms. The molecule has 0 bridgehead atoms. The van der Waals surface area contributed by atoms with Gasteiger partial charge in [0.2, 0.25) is 0 Å². The fourth-order valence-corrected chi connectivity index (χ4v) is 2.40. The maximum atomic E-state index is 11.9. The van der Waals surface area contributed by atoms with Crippen molar-refractivity contribution in [3.63, 3.8) is 0 Å². The van der Waals surface area contributed by atoms with Crippen LogP contribution in [0.2, 0.25) is 5.02 Å². The van der Waals surface area contributed by atoms with E-state index in [-0.39, 0.29) is 15.5 Å². The molecule has 1 aromatic rings. The van der Waals surface area contributed by atoms with Crippen LogP contribution in [0.15, 0.2) is 23.1 Å². The minimum Gasteiger partial charge on any atom is -0.452 e. The van der Waals surface area contributed by atoms with Crippen molar-refractivity contribution in [2.24, 2.45) is 0 Å². The monoisotopic (exact) mass is 347 g/mol. The Morgan fingerprint density at radius 3 is 2.36 bits per heavy atom. The summed E-state index contributed by atoms with van der Waals surface area (Å²) in [4.78, 5) is 23.5. The van der Waals surface area contributed by atoms with E-state index in [1.165, 1.54) is 12.1 Å². The Morgan fingerprint density at radius 1 is 1.27 bits per heavy atom. The minimum atomic E-state index is -3.48. The smallest absolute Gasteiger partial charge is 0.340 e. The molecule has 122 valence electrons. The first-order valence-corrected chi connectivity index (χ1v) is 8.65. The second kappa shape index (κ2) is 6.66. The van der Waals surface area contributed by atoms with E-state index < -0.39 is 33.9 Å². The number of esters is 1. The van der Waals surface area contributed by atoms with Crippen LogP contribution in [0.25, 0.3) is 0 Å². The quantitative estimate of drug-likeness (QED) is 0.839. The van der Waals surface area contributed by atoms with E-state index in [0.717, 1.165) is 12.3 Å². The van der Waals surface area contributed by atoms with Crippen molar-refractivity contribution in [1.82, 2.24) is 5.32 Å². The van der Waals surface area contributed by atoms with Gasteiger partial charge in [-0.3, -0.25) is 4.79 Å². The second-order valence-corrected chi connectivity index (χ2v) is 8.21. The van der Waals surface area contributed by atoms with Gasteiger partial charge >= 0.3 is 5.97 Å². The molecule has 0 fully saturated rings. The number of carbonyl (C=O) groups excluding carboxylic acids is 2. The number of rotatable bonds is 4. The van der Waals surface area contributed by atoms with E-state index in [4.69, 9.17) is 16.3 Å². The van der Waals surface area contributed by atoms with Crippen molar-refractivity contribution in [3.8, 4) is 0 Å². The molecule has 22 heavy (non-hydrogen) atoms. The van der Waals surface area contributed by atoms with Gasteiger partial charge in [0.15, 0.2) is 16.4 Å². The highest BCUT2D eigenvalue weighted by atomic mass is 35.5. The number of benzene rings is 1. The zero-order chi connectivity index (χ0) is 17.1. The number of hydrogen-bond acceptors (Lipinski definition) is 5. The molecule has 0 radical (unpaired) electrons. The molecule has 0 aliphatic rings. The highest BCUT2D eigenvalue weighted by Gasteiger charge is 2.19. The van der Waals surface area contributed by atoms with E-state index in [9.17, 15) is 18.0 Å². The third kappa shape index (κ3) is 5.65. The van der Waals surface area contributed by atoms with Crippen molar-refractivity contribution in [2.45, 2.75) is 31.2 Å². The van der Waals surface area contributed by atoms with Gasteiger partial charge in [-0.25, -0.2) is 13.2 Å². The largest absolute Gasteiger partial charge is 0.452 e. The van der Waals surface area contributed by atoms with Crippen LogP contribution in [0.4, 0.5) is 0 Å². The van der Waals surface area contributed by atoms with Crippen LogP contribution in [0.3, 0.4) is 0 Å². The number of amides is 1. The average Bonchev–Trinajstić information content (AvgIpc) is 2.33. The first-order valence-electron chi connectivity index (χ1n) is 6.38. The highest BCUT2D eigenvalue weighted by molar-refractivity contribution is 7.90. The lowest BCUT2D eigenvalue weighted by molar-refractivity contribution is -0.125. The number of nitrogens with one attached hydrogen (secondary N) is 1. The first-order chi connectivity index (χ1) is 9.90. The highest BCUT2D eigenvalue weighted by Crippen LogP contribution is 2.21. The summed E-state index contributed by atoms with van der Waals surface area (Å²) in [5.41, 5.74) is -0.551. The van der Waals surface area contributed by atoms with E-state index in [2.05, 4.69) is 5.32 Å². The normalized spacial score (nSPS) is 11.9. The van der Waals surface area contributed by atoms with Crippen LogP contribution in [-0.4, -0.2) is 38.7 Å². The van der Waals surface area contributed by atoms with Crippen molar-refractivity contribution < 1.29 is 22.7 Å². The van der Waals surface area contributed by atoms with Gasteiger partial charge < -0.3 is 10.1 Å². The van der Waals surface area contributed by atoms with Crippen LogP contribution in [0.1, 0.15) is 31.1 Å². The van der Waals surface area contributed by atoms with Gasteiger partial charge in [-0.2, -0.15) is 0 Å². The Kier molecular flexibility index (Phi) is 5.59. The molecule has 8 heteroatoms. The molecule has 0 aliphatic heterocycles. The predicted molar refractivity (Wildman–Crippen MR) is 82.7 cm³/mol. The third-order valence-corrected chi connectivity index (χ3v) is 3.87. The van der Waals surface area contributed by atoms with E-state index in [1.54, 1.807) is 20.8 Å². The molecular formula is C14H18ClNO5S. The van der Waals surface area contributed by atoms with Crippen LogP contribution in [0, 0.1) is 0 Å². The number of hydrogen-bond donors (Lipinski definition) is 1. The topological polar surface area (TPSA) is 89.5 Å². The summed E-state index contributed by atoms with van der Waals surface area (Å²) >= 11 is 5.87. The third-order valence-electron chi connectivity index (χ3n) is 2.43. The van der Waals surface area contributed by atoms with Crippen LogP contribution in [0.5, 0.6) is 0 Å². The van der Waals surface area contributed by atoms with Gasteiger partial charge in [0, 0.05) is 11.8 Å². The van der Waals surface area contributed by atoms with E-state index >= 15 is 0 Å². The van der Waals surface area contributed by atoms with Crippen LogP contribution in [-0.2, 0) is 19.4 Å². The molecule has 1 N–H and O–H groups in total. The number of halogens is 1. The summed E-state index contributed by atoms with van der Waals surface area (Å²) in [5.74, 6) is -1.32. The van der Waals surface area contributed by atoms with Crippen molar-refractivity contribution in [1.29, 1.82) is 0 Å². The van der Waals surface area contributed by atoms with Crippen molar-refractivity contribution in [3.05, 3.63) is 28.8 Å². The molecule has 1 amide bonds. The standard InChI is InChI=1S/C14H18ClNO5S/c1-14(2,3)16-12(17)8-21-13(18)10-7-9(22(4,19)20)5-6-11(10)15/h5-7H,8H2,1-4H3,(H,16,17). The molecule has 0 aromatic heterocycles. The zero-order valence-electron chi connectivity index (χ0n) is 12.8. The maximum Gasteiger partial charge on any atom is 0.340 e. The summed E-state index contributed by atoms with van der Waals surface area (Å²) in [6, 6.07) is 3.71. The second-order valence-electron chi connectivity index (χ2n) is 5.79. The zero-order valence-corrected chi connectivity index (χ0v) is 14.3. The van der Waals surface area contributed by atoms with Gasteiger partial charge in [-0.15, -0.1) is 0 Å². The Labute approximate surface area is 134 Å². The number of sulfone groups is 1. The summed E-state index contributed by atoms with van der Waals surface area (Å²) in [7, 11) is -3.48. The summed E-state index contributed by atoms with van der Waals surface area (Å²) in [5, 5.41) is 2.68. The lowest BCUT2D eigenvalue weighted by Gasteiger charge is -2.20. The average molecular weight is 348 g/mol. The lowest BCUT2D eigenvalue weighted by atomic mass is 10.1. The number of ether oxygens (including phenoxy) is 1. The number of carbonyl (C=O) groups is 2. The molecule has 0 saturated heterocycles. The first kappa shape index (κ1) is 18.4. The van der Waals surface area contributed by atoms with Crippen LogP contribution < -0.4 is 5.32 Å². The summed E-state index contributed by atoms with van der Waals surface area (Å²) < 4.78 is 27.8.